The van der Waals surface area contributed by atoms with Crippen LogP contribution >= 0.6 is 0 Å². The summed E-state index contributed by atoms with van der Waals surface area (Å²) in [6.07, 6.45) is 12.5. The van der Waals surface area contributed by atoms with Crippen molar-refractivity contribution in [3.05, 3.63) is 11.6 Å². The minimum atomic E-state index is 0.474. The second-order valence-electron chi connectivity index (χ2n) is 7.66. The number of aryl methyl sites for hydroxylation is 1. The maximum absolute atomic E-state index is 4.41. The molecule has 1 fully saturated rings. The van der Waals surface area contributed by atoms with Gasteiger partial charge in [-0.05, 0) is 37.5 Å². The Morgan fingerprint density at radius 3 is 2.72 bits per heavy atom. The monoisotopic (exact) mass is 346 g/mol. The highest BCUT2D eigenvalue weighted by molar-refractivity contribution is 5.79. The molecule has 0 amide bonds. The second-order valence-corrected chi connectivity index (χ2v) is 7.66. The highest BCUT2D eigenvalue weighted by Gasteiger charge is 2.31. The number of fused-ring (bicyclic) bond motifs is 1. The number of guanidine groups is 1. The van der Waals surface area contributed by atoms with Crippen LogP contribution in [0.15, 0.2) is 4.99 Å². The minimum absolute atomic E-state index is 0.474. The zero-order valence-corrected chi connectivity index (χ0v) is 16.0. The molecule has 3 rings (SSSR count). The Balaban J connectivity index is 1.47. The fourth-order valence-corrected chi connectivity index (χ4v) is 4.30. The predicted molar refractivity (Wildman–Crippen MR) is 102 cm³/mol. The van der Waals surface area contributed by atoms with Crippen LogP contribution in [-0.2, 0) is 19.4 Å². The third-order valence-electron chi connectivity index (χ3n) is 6.10. The topological polar surface area (TPSA) is 67.1 Å². The molecular formula is C19H34N6. The van der Waals surface area contributed by atoms with Crippen molar-refractivity contribution in [3.63, 3.8) is 0 Å². The van der Waals surface area contributed by atoms with Crippen LogP contribution in [-0.4, -0.2) is 40.9 Å². The highest BCUT2D eigenvalue weighted by atomic mass is 15.3. The van der Waals surface area contributed by atoms with E-state index in [1.54, 1.807) is 0 Å². The molecule has 0 bridgehead atoms. The molecule has 2 N–H and O–H groups in total. The lowest BCUT2D eigenvalue weighted by atomic mass is 9.83. The Bertz CT molecular complexity index is 570. The third kappa shape index (κ3) is 4.53. The van der Waals surface area contributed by atoms with Crippen molar-refractivity contribution in [2.75, 3.05) is 20.1 Å². The van der Waals surface area contributed by atoms with Gasteiger partial charge in [0.15, 0.2) is 5.96 Å². The van der Waals surface area contributed by atoms with E-state index in [9.17, 15) is 0 Å². The Morgan fingerprint density at radius 2 is 1.96 bits per heavy atom. The average molecular weight is 347 g/mol. The van der Waals surface area contributed by atoms with Crippen LogP contribution in [0.5, 0.6) is 0 Å². The largest absolute Gasteiger partial charge is 0.356 e. The van der Waals surface area contributed by atoms with Crippen molar-refractivity contribution in [1.29, 1.82) is 0 Å². The lowest BCUT2D eigenvalue weighted by Gasteiger charge is -2.28. The molecule has 1 aromatic rings. The van der Waals surface area contributed by atoms with Crippen LogP contribution in [0.2, 0.25) is 0 Å². The lowest BCUT2D eigenvalue weighted by molar-refractivity contribution is 0.283. The Labute approximate surface area is 151 Å². The van der Waals surface area contributed by atoms with Gasteiger partial charge < -0.3 is 15.2 Å². The van der Waals surface area contributed by atoms with Gasteiger partial charge in [-0.15, -0.1) is 10.2 Å². The summed E-state index contributed by atoms with van der Waals surface area (Å²) in [4.78, 5) is 4.39. The molecule has 1 aliphatic carbocycles. The first kappa shape index (κ1) is 18.2. The highest BCUT2D eigenvalue weighted by Crippen LogP contribution is 2.40. The van der Waals surface area contributed by atoms with Gasteiger partial charge >= 0.3 is 0 Å². The van der Waals surface area contributed by atoms with Crippen molar-refractivity contribution in [1.82, 2.24) is 25.4 Å². The number of hydrogen-bond donors (Lipinski definition) is 2. The van der Waals surface area contributed by atoms with E-state index in [2.05, 4.69) is 37.3 Å². The van der Waals surface area contributed by atoms with Crippen molar-refractivity contribution in [3.8, 4) is 0 Å². The fourth-order valence-electron chi connectivity index (χ4n) is 4.30. The van der Waals surface area contributed by atoms with Gasteiger partial charge in [0.05, 0.1) is 0 Å². The van der Waals surface area contributed by atoms with Crippen LogP contribution in [0.4, 0.5) is 0 Å². The quantitative estimate of drug-likeness (QED) is 0.614. The van der Waals surface area contributed by atoms with Gasteiger partial charge in [0, 0.05) is 39.5 Å². The number of nitrogens with one attached hydrogen (secondary N) is 2. The van der Waals surface area contributed by atoms with Crippen molar-refractivity contribution in [2.45, 2.75) is 77.7 Å². The number of aromatic nitrogens is 3. The normalized spacial score (nSPS) is 20.2. The molecule has 0 radical (unpaired) electrons. The van der Waals surface area contributed by atoms with Crippen LogP contribution in [0.3, 0.4) is 0 Å². The first-order chi connectivity index (χ1) is 12.3. The molecule has 25 heavy (non-hydrogen) atoms. The van der Waals surface area contributed by atoms with Crippen LogP contribution in [0.1, 0.15) is 69.9 Å². The molecule has 6 heteroatoms. The number of nitrogens with zero attached hydrogens (tertiary/aromatic N) is 4. The zero-order chi connectivity index (χ0) is 17.5. The Kier molecular flexibility index (Phi) is 6.32. The summed E-state index contributed by atoms with van der Waals surface area (Å²) in [7, 11) is 1.85. The molecule has 0 unspecified atom stereocenters. The van der Waals surface area contributed by atoms with Crippen molar-refractivity contribution < 1.29 is 0 Å². The molecular weight excluding hydrogens is 312 g/mol. The summed E-state index contributed by atoms with van der Waals surface area (Å²) < 4.78 is 2.33. The first-order valence-electron chi connectivity index (χ1n) is 10.1. The third-order valence-corrected chi connectivity index (χ3v) is 6.10. The molecule has 140 valence electrons. The molecule has 0 atom stereocenters. The van der Waals surface area contributed by atoms with Gasteiger partial charge in [-0.3, -0.25) is 4.99 Å². The Hall–Kier alpha value is -1.59. The van der Waals surface area contributed by atoms with E-state index in [-0.39, 0.29) is 0 Å². The fraction of sp³-hybridized carbons (Fsp3) is 0.842. The molecule has 0 saturated heterocycles. The van der Waals surface area contributed by atoms with Gasteiger partial charge in [0.1, 0.15) is 11.6 Å². The van der Waals surface area contributed by atoms with Gasteiger partial charge in [-0.2, -0.15) is 0 Å². The maximum atomic E-state index is 4.41. The standard InChI is InChI=1S/C19H34N6/c1-3-19(11-6-7-12-19)15-22-18(20-2)21-13-10-17-24-23-16-9-5-4-8-14-25(16)17/h3-15H2,1-2H3,(H2,20,21,22). The molecule has 1 aromatic heterocycles. The molecule has 2 aliphatic rings. The molecule has 1 aliphatic heterocycles. The van der Waals surface area contributed by atoms with Gasteiger partial charge in [-0.1, -0.05) is 26.2 Å². The summed E-state index contributed by atoms with van der Waals surface area (Å²) >= 11 is 0. The van der Waals surface area contributed by atoms with E-state index in [1.165, 1.54) is 57.2 Å². The molecule has 0 spiro atoms. The van der Waals surface area contributed by atoms with E-state index in [1.807, 2.05) is 7.05 Å². The first-order valence-corrected chi connectivity index (χ1v) is 10.1. The van der Waals surface area contributed by atoms with Crippen molar-refractivity contribution >= 4 is 5.96 Å². The van der Waals surface area contributed by atoms with Crippen molar-refractivity contribution in [2.24, 2.45) is 10.4 Å². The molecule has 2 heterocycles. The van der Waals surface area contributed by atoms with E-state index < -0.39 is 0 Å². The van der Waals surface area contributed by atoms with Gasteiger partial charge in [0.2, 0.25) is 0 Å². The summed E-state index contributed by atoms with van der Waals surface area (Å²) in [6, 6.07) is 0. The summed E-state index contributed by atoms with van der Waals surface area (Å²) in [5.74, 6) is 3.19. The van der Waals surface area contributed by atoms with E-state index in [0.29, 0.717) is 5.41 Å². The summed E-state index contributed by atoms with van der Waals surface area (Å²) in [6.45, 7) is 5.27. The Morgan fingerprint density at radius 1 is 1.12 bits per heavy atom. The van der Waals surface area contributed by atoms with E-state index in [4.69, 9.17) is 0 Å². The summed E-state index contributed by atoms with van der Waals surface area (Å²) in [5, 5.41) is 15.8. The minimum Gasteiger partial charge on any atom is -0.356 e. The van der Waals surface area contributed by atoms with Crippen LogP contribution < -0.4 is 10.6 Å². The SMILES string of the molecule is CCC1(CNC(=NC)NCCc2nnc3n2CCCCC3)CCCC1. The maximum Gasteiger partial charge on any atom is 0.191 e. The molecule has 6 nitrogen and oxygen atoms in total. The molecule has 1 saturated carbocycles. The second kappa shape index (κ2) is 8.68. The lowest BCUT2D eigenvalue weighted by Crippen LogP contribution is -2.43. The van der Waals surface area contributed by atoms with Gasteiger partial charge in [-0.25, -0.2) is 0 Å². The van der Waals surface area contributed by atoms with Crippen LogP contribution in [0, 0.1) is 5.41 Å². The number of hydrogen-bond acceptors (Lipinski definition) is 3. The molecule has 0 aromatic carbocycles. The number of aliphatic imine (C=N–C) groups is 1. The average Bonchev–Trinajstić information content (AvgIpc) is 3.19. The predicted octanol–water partition coefficient (Wildman–Crippen LogP) is 2.68. The number of rotatable bonds is 6. The smallest absolute Gasteiger partial charge is 0.191 e. The summed E-state index contributed by atoms with van der Waals surface area (Å²) in [5.41, 5.74) is 0.474. The van der Waals surface area contributed by atoms with E-state index in [0.717, 1.165) is 44.3 Å². The van der Waals surface area contributed by atoms with Gasteiger partial charge in [0.25, 0.3) is 0 Å². The zero-order valence-electron chi connectivity index (χ0n) is 16.0. The van der Waals surface area contributed by atoms with Crippen LogP contribution in [0.25, 0.3) is 0 Å². The van der Waals surface area contributed by atoms with E-state index >= 15 is 0 Å².